The van der Waals surface area contributed by atoms with Crippen LogP contribution in [0.5, 0.6) is 0 Å². The van der Waals surface area contributed by atoms with E-state index in [0.29, 0.717) is 42.9 Å². The number of nitrogens with one attached hydrogen (secondary N) is 1. The zero-order valence-corrected chi connectivity index (χ0v) is 15.3. The first-order valence-corrected chi connectivity index (χ1v) is 10.4. The Balaban J connectivity index is 1.53. The van der Waals surface area contributed by atoms with Crippen molar-refractivity contribution in [3.63, 3.8) is 0 Å². The van der Waals surface area contributed by atoms with Crippen LogP contribution in [0.25, 0.3) is 0 Å². The van der Waals surface area contributed by atoms with Crippen LogP contribution in [0.1, 0.15) is 29.6 Å². The lowest BCUT2D eigenvalue weighted by atomic mass is 10.1. The predicted molar refractivity (Wildman–Crippen MR) is 99.8 cm³/mol. The lowest BCUT2D eigenvalue weighted by molar-refractivity contribution is 0.0132. The van der Waals surface area contributed by atoms with E-state index in [0.717, 1.165) is 0 Å². The Hall–Kier alpha value is -2.18. The van der Waals surface area contributed by atoms with Gasteiger partial charge in [0.05, 0.1) is 16.2 Å². The van der Waals surface area contributed by atoms with Crippen LogP contribution >= 0.6 is 0 Å². The summed E-state index contributed by atoms with van der Waals surface area (Å²) in [6.07, 6.45) is 1.39. The van der Waals surface area contributed by atoms with E-state index >= 15 is 0 Å². The molecule has 1 aliphatic heterocycles. The molecule has 1 N–H and O–H groups in total. The zero-order chi connectivity index (χ0) is 18.4. The van der Waals surface area contributed by atoms with Crippen LogP contribution in [0.15, 0.2) is 65.6 Å². The van der Waals surface area contributed by atoms with Crippen LogP contribution in [0.3, 0.4) is 0 Å². The van der Waals surface area contributed by atoms with Crippen LogP contribution in [0.4, 0.5) is 0 Å². The molecule has 3 rings (SSSR count). The maximum Gasteiger partial charge on any atom is 0.251 e. The number of amides is 1. The smallest absolute Gasteiger partial charge is 0.251 e. The Morgan fingerprint density at radius 1 is 1.04 bits per heavy atom. The molecule has 138 valence electrons. The van der Waals surface area contributed by atoms with E-state index in [2.05, 4.69) is 5.32 Å². The lowest BCUT2D eigenvalue weighted by Gasteiger charge is -2.29. The molecule has 0 spiro atoms. The van der Waals surface area contributed by atoms with Crippen molar-refractivity contribution in [2.75, 3.05) is 13.2 Å². The molecule has 1 heterocycles. The molecule has 2 aromatic carbocycles. The van der Waals surface area contributed by atoms with Gasteiger partial charge in [-0.15, -0.1) is 0 Å². The standard InChI is InChI=1S/C20H23NO4S/c22-20(16-7-3-1-4-8-16)21-13-11-17-15-19(12-14-25-17)26(23,24)18-9-5-2-6-10-18/h1-10,17,19H,11-15H2,(H,21,22)/t17-,19+/m0/s1. The number of hydrogen-bond acceptors (Lipinski definition) is 4. The Morgan fingerprint density at radius 2 is 1.69 bits per heavy atom. The number of carbonyl (C=O) groups is 1. The first-order chi connectivity index (χ1) is 12.6. The molecular weight excluding hydrogens is 350 g/mol. The highest BCUT2D eigenvalue weighted by atomic mass is 32.2. The van der Waals surface area contributed by atoms with Crippen LogP contribution < -0.4 is 5.32 Å². The Kier molecular flexibility index (Phi) is 6.06. The fourth-order valence-electron chi connectivity index (χ4n) is 3.17. The van der Waals surface area contributed by atoms with Gasteiger partial charge in [-0.25, -0.2) is 8.42 Å². The molecule has 2 aromatic rings. The normalized spacial score (nSPS) is 20.5. The Morgan fingerprint density at radius 3 is 2.38 bits per heavy atom. The molecule has 2 atom stereocenters. The molecule has 0 unspecified atom stereocenters. The van der Waals surface area contributed by atoms with Crippen molar-refractivity contribution in [3.8, 4) is 0 Å². The first kappa shape index (κ1) is 18.6. The molecule has 1 saturated heterocycles. The Labute approximate surface area is 154 Å². The van der Waals surface area contributed by atoms with E-state index in [1.807, 2.05) is 18.2 Å². The summed E-state index contributed by atoms with van der Waals surface area (Å²) in [5.74, 6) is -0.130. The number of hydrogen-bond donors (Lipinski definition) is 1. The number of ether oxygens (including phenoxy) is 1. The van der Waals surface area contributed by atoms with Crippen molar-refractivity contribution in [1.29, 1.82) is 0 Å². The van der Waals surface area contributed by atoms with Crippen molar-refractivity contribution in [3.05, 3.63) is 66.2 Å². The number of benzene rings is 2. The van der Waals surface area contributed by atoms with Crippen molar-refractivity contribution in [2.45, 2.75) is 35.5 Å². The van der Waals surface area contributed by atoms with Gasteiger partial charge < -0.3 is 10.1 Å². The minimum Gasteiger partial charge on any atom is -0.378 e. The minimum atomic E-state index is -3.35. The second-order valence-electron chi connectivity index (χ2n) is 6.41. The highest BCUT2D eigenvalue weighted by Crippen LogP contribution is 2.27. The third-order valence-corrected chi connectivity index (χ3v) is 6.85. The highest BCUT2D eigenvalue weighted by molar-refractivity contribution is 7.92. The highest BCUT2D eigenvalue weighted by Gasteiger charge is 2.33. The summed E-state index contributed by atoms with van der Waals surface area (Å²) in [5.41, 5.74) is 0.613. The van der Waals surface area contributed by atoms with E-state index in [-0.39, 0.29) is 12.0 Å². The Bertz CT molecular complexity index is 821. The largest absolute Gasteiger partial charge is 0.378 e. The van der Waals surface area contributed by atoms with E-state index in [9.17, 15) is 13.2 Å². The third-order valence-electron chi connectivity index (χ3n) is 4.62. The predicted octanol–water partition coefficient (Wildman–Crippen LogP) is 2.83. The van der Waals surface area contributed by atoms with Crippen LogP contribution in [0.2, 0.25) is 0 Å². The van der Waals surface area contributed by atoms with Gasteiger partial charge in [-0.1, -0.05) is 36.4 Å². The molecule has 5 nitrogen and oxygen atoms in total. The van der Waals surface area contributed by atoms with Gasteiger partial charge >= 0.3 is 0 Å². The van der Waals surface area contributed by atoms with Gasteiger partial charge in [0, 0.05) is 18.7 Å². The summed E-state index contributed by atoms with van der Waals surface area (Å²) < 4.78 is 31.3. The summed E-state index contributed by atoms with van der Waals surface area (Å²) >= 11 is 0. The fourth-order valence-corrected chi connectivity index (χ4v) is 4.97. The molecular formula is C20H23NO4S. The molecule has 0 aliphatic carbocycles. The molecule has 0 aromatic heterocycles. The molecule has 0 saturated carbocycles. The number of rotatable bonds is 6. The van der Waals surface area contributed by atoms with Crippen molar-refractivity contribution >= 4 is 15.7 Å². The molecule has 0 bridgehead atoms. The second kappa shape index (κ2) is 8.47. The average Bonchev–Trinajstić information content (AvgIpc) is 2.69. The fraction of sp³-hybridized carbons (Fsp3) is 0.350. The number of carbonyl (C=O) groups excluding carboxylic acids is 1. The van der Waals surface area contributed by atoms with Gasteiger partial charge in [-0.3, -0.25) is 4.79 Å². The van der Waals surface area contributed by atoms with Gasteiger partial charge in [0.15, 0.2) is 9.84 Å². The van der Waals surface area contributed by atoms with Gasteiger partial charge in [-0.2, -0.15) is 0 Å². The monoisotopic (exact) mass is 373 g/mol. The van der Waals surface area contributed by atoms with Crippen molar-refractivity contribution < 1.29 is 17.9 Å². The van der Waals surface area contributed by atoms with Crippen LogP contribution in [-0.2, 0) is 14.6 Å². The van der Waals surface area contributed by atoms with Gasteiger partial charge in [0.1, 0.15) is 0 Å². The summed E-state index contributed by atoms with van der Waals surface area (Å²) in [4.78, 5) is 12.4. The summed E-state index contributed by atoms with van der Waals surface area (Å²) in [6.45, 7) is 0.879. The maximum atomic E-state index is 12.8. The quantitative estimate of drug-likeness (QED) is 0.845. The first-order valence-electron chi connectivity index (χ1n) is 8.81. The zero-order valence-electron chi connectivity index (χ0n) is 14.5. The summed E-state index contributed by atoms with van der Waals surface area (Å²) in [6, 6.07) is 17.6. The molecule has 0 radical (unpaired) electrons. The van der Waals surface area contributed by atoms with E-state index < -0.39 is 15.1 Å². The van der Waals surface area contributed by atoms with E-state index in [1.165, 1.54) is 0 Å². The topological polar surface area (TPSA) is 72.5 Å². The third kappa shape index (κ3) is 4.51. The van der Waals surface area contributed by atoms with E-state index in [1.54, 1.807) is 42.5 Å². The maximum absolute atomic E-state index is 12.8. The van der Waals surface area contributed by atoms with Gasteiger partial charge in [0.25, 0.3) is 5.91 Å². The van der Waals surface area contributed by atoms with Crippen molar-refractivity contribution in [2.24, 2.45) is 0 Å². The minimum absolute atomic E-state index is 0.130. The molecule has 26 heavy (non-hydrogen) atoms. The van der Waals surface area contributed by atoms with Gasteiger partial charge in [-0.05, 0) is 43.5 Å². The summed E-state index contributed by atoms with van der Waals surface area (Å²) in [5, 5.41) is 2.43. The molecule has 1 fully saturated rings. The second-order valence-corrected chi connectivity index (χ2v) is 8.64. The molecule has 1 aliphatic rings. The number of sulfone groups is 1. The summed E-state index contributed by atoms with van der Waals surface area (Å²) in [7, 11) is -3.35. The van der Waals surface area contributed by atoms with Crippen LogP contribution in [0, 0.1) is 0 Å². The van der Waals surface area contributed by atoms with E-state index in [4.69, 9.17) is 4.74 Å². The molecule has 6 heteroatoms. The average molecular weight is 373 g/mol. The lowest BCUT2D eigenvalue weighted by Crippen LogP contribution is -2.36. The molecule has 1 amide bonds. The van der Waals surface area contributed by atoms with Crippen LogP contribution in [-0.4, -0.2) is 38.8 Å². The van der Waals surface area contributed by atoms with Crippen molar-refractivity contribution in [1.82, 2.24) is 5.32 Å². The van der Waals surface area contributed by atoms with Gasteiger partial charge in [0.2, 0.25) is 0 Å². The SMILES string of the molecule is O=C(NCC[C@H]1C[C@H](S(=O)(=O)c2ccccc2)CCO1)c1ccccc1.